The average Bonchev–Trinajstić information content (AvgIpc) is 2.72. The summed E-state index contributed by atoms with van der Waals surface area (Å²) in [5, 5.41) is 9.34. The van der Waals surface area contributed by atoms with Gasteiger partial charge >= 0.3 is 6.18 Å². The summed E-state index contributed by atoms with van der Waals surface area (Å²) in [6, 6.07) is 9.36. The van der Waals surface area contributed by atoms with E-state index in [1.165, 1.54) is 26.4 Å². The van der Waals surface area contributed by atoms with Crippen LogP contribution < -0.4 is 15.0 Å². The third-order valence-electron chi connectivity index (χ3n) is 4.42. The number of nitrogens with one attached hydrogen (secondary N) is 1. The van der Waals surface area contributed by atoms with Crippen LogP contribution in [0.3, 0.4) is 0 Å². The Bertz CT molecular complexity index is 1210. The lowest BCUT2D eigenvalue weighted by Crippen LogP contribution is -2.13. The van der Waals surface area contributed by atoms with Gasteiger partial charge in [-0.3, -0.25) is 4.79 Å². The van der Waals surface area contributed by atoms with Crippen molar-refractivity contribution in [2.24, 2.45) is 0 Å². The third kappa shape index (κ3) is 3.85. The molecule has 1 aromatic heterocycles. The highest BCUT2D eigenvalue weighted by Crippen LogP contribution is 2.36. The number of nitriles is 1. The molecule has 154 valence electrons. The molecule has 0 aliphatic rings. The molecule has 0 saturated heterocycles. The van der Waals surface area contributed by atoms with Crippen LogP contribution in [0.5, 0.6) is 11.5 Å². The predicted molar refractivity (Wildman–Crippen MR) is 101 cm³/mol. The molecule has 0 saturated carbocycles. The standard InChI is InChI=1S/C21H14F4N2O3/c1-29-18-6-3-11(7-19(18)30-2)17-9-13(15(10-26)20(28)27-17)14-8-12(21(23,24)25)4-5-16(14)22/h3-9H,1-2H3,(H,27,28). The van der Waals surface area contributed by atoms with Crippen LogP contribution in [0.15, 0.2) is 47.3 Å². The van der Waals surface area contributed by atoms with Gasteiger partial charge in [0.1, 0.15) is 17.4 Å². The molecule has 0 spiro atoms. The van der Waals surface area contributed by atoms with Crippen molar-refractivity contribution in [1.82, 2.24) is 4.98 Å². The zero-order chi connectivity index (χ0) is 22.1. The summed E-state index contributed by atoms with van der Waals surface area (Å²) in [5.74, 6) is -0.239. The number of aromatic amines is 1. The van der Waals surface area contributed by atoms with Crippen molar-refractivity contribution >= 4 is 0 Å². The van der Waals surface area contributed by atoms with Crippen LogP contribution in [0.2, 0.25) is 0 Å². The van der Waals surface area contributed by atoms with E-state index >= 15 is 0 Å². The Morgan fingerprint density at radius 1 is 0.967 bits per heavy atom. The molecule has 0 aliphatic carbocycles. The van der Waals surface area contributed by atoms with Gasteiger partial charge in [-0.2, -0.15) is 18.4 Å². The second-order valence-electron chi connectivity index (χ2n) is 6.17. The molecule has 1 heterocycles. The lowest BCUT2D eigenvalue weighted by atomic mass is 9.97. The van der Waals surface area contributed by atoms with Gasteiger partial charge in [-0.25, -0.2) is 4.39 Å². The van der Waals surface area contributed by atoms with Crippen molar-refractivity contribution in [3.63, 3.8) is 0 Å². The molecular weight excluding hydrogens is 404 g/mol. The van der Waals surface area contributed by atoms with Crippen molar-refractivity contribution in [1.29, 1.82) is 5.26 Å². The fraction of sp³-hybridized carbons (Fsp3) is 0.143. The van der Waals surface area contributed by atoms with E-state index in [2.05, 4.69) is 4.98 Å². The molecular formula is C21H14F4N2O3. The zero-order valence-electron chi connectivity index (χ0n) is 15.7. The summed E-state index contributed by atoms with van der Waals surface area (Å²) in [5.41, 5.74) is -2.65. The Kier molecular flexibility index (Phi) is 5.52. The first kappa shape index (κ1) is 20.9. The Morgan fingerprint density at radius 2 is 1.67 bits per heavy atom. The Hall–Kier alpha value is -3.80. The summed E-state index contributed by atoms with van der Waals surface area (Å²) in [4.78, 5) is 14.9. The van der Waals surface area contributed by atoms with Gasteiger partial charge in [0.25, 0.3) is 5.56 Å². The van der Waals surface area contributed by atoms with Crippen molar-refractivity contribution in [2.75, 3.05) is 14.2 Å². The van der Waals surface area contributed by atoms with Crippen molar-refractivity contribution in [3.8, 4) is 40.0 Å². The fourth-order valence-electron chi connectivity index (χ4n) is 2.95. The normalized spacial score (nSPS) is 11.1. The van der Waals surface area contributed by atoms with E-state index in [-0.39, 0.29) is 11.3 Å². The number of halogens is 4. The number of ether oxygens (including phenoxy) is 2. The number of nitrogens with zero attached hydrogens (tertiary/aromatic N) is 1. The molecule has 0 aliphatic heterocycles. The summed E-state index contributed by atoms with van der Waals surface area (Å²) in [7, 11) is 2.85. The van der Waals surface area contributed by atoms with Gasteiger partial charge in [-0.1, -0.05) is 0 Å². The van der Waals surface area contributed by atoms with Crippen LogP contribution in [-0.4, -0.2) is 19.2 Å². The summed E-state index contributed by atoms with van der Waals surface area (Å²) >= 11 is 0. The minimum absolute atomic E-state index is 0.159. The fourth-order valence-corrected chi connectivity index (χ4v) is 2.95. The Balaban J connectivity index is 2.27. The highest BCUT2D eigenvalue weighted by molar-refractivity contribution is 5.76. The first-order valence-corrected chi connectivity index (χ1v) is 8.46. The van der Waals surface area contributed by atoms with Crippen molar-refractivity contribution < 1.29 is 27.0 Å². The SMILES string of the molecule is COc1ccc(-c2cc(-c3cc(C(F)(F)F)ccc3F)c(C#N)c(=O)[nH]2)cc1OC. The van der Waals surface area contributed by atoms with Crippen LogP contribution in [0, 0.1) is 17.1 Å². The molecule has 0 unspecified atom stereocenters. The molecule has 2 aromatic carbocycles. The molecule has 3 aromatic rings. The van der Waals surface area contributed by atoms with Gasteiger partial charge in [0.15, 0.2) is 11.5 Å². The van der Waals surface area contributed by atoms with Gasteiger partial charge in [-0.05, 0) is 42.5 Å². The number of benzene rings is 2. The Morgan fingerprint density at radius 3 is 2.27 bits per heavy atom. The first-order chi connectivity index (χ1) is 14.2. The molecule has 5 nitrogen and oxygen atoms in total. The molecule has 0 atom stereocenters. The summed E-state index contributed by atoms with van der Waals surface area (Å²) in [6.45, 7) is 0. The maximum Gasteiger partial charge on any atom is 0.416 e. The van der Waals surface area contributed by atoms with E-state index in [9.17, 15) is 27.6 Å². The third-order valence-corrected chi connectivity index (χ3v) is 4.42. The molecule has 9 heteroatoms. The molecule has 3 rings (SSSR count). The molecule has 0 radical (unpaired) electrons. The van der Waals surface area contributed by atoms with Gasteiger partial charge < -0.3 is 14.5 Å². The van der Waals surface area contributed by atoms with Gasteiger partial charge in [-0.15, -0.1) is 0 Å². The number of hydrogen-bond donors (Lipinski definition) is 1. The minimum atomic E-state index is -4.72. The van der Waals surface area contributed by atoms with Gasteiger partial charge in [0.2, 0.25) is 0 Å². The smallest absolute Gasteiger partial charge is 0.416 e. The number of rotatable bonds is 4. The van der Waals surface area contributed by atoms with Gasteiger partial charge in [0.05, 0.1) is 19.8 Å². The largest absolute Gasteiger partial charge is 0.493 e. The number of alkyl halides is 3. The van der Waals surface area contributed by atoms with E-state index in [4.69, 9.17) is 9.47 Å². The predicted octanol–water partition coefficient (Wildman–Crippen LogP) is 4.76. The topological polar surface area (TPSA) is 75.1 Å². The van der Waals surface area contributed by atoms with Gasteiger partial charge in [0, 0.05) is 22.4 Å². The van der Waals surface area contributed by atoms with Crippen LogP contribution in [0.25, 0.3) is 22.4 Å². The molecule has 0 amide bonds. The lowest BCUT2D eigenvalue weighted by Gasteiger charge is -2.13. The molecule has 1 N–H and O–H groups in total. The van der Waals surface area contributed by atoms with Crippen molar-refractivity contribution in [3.05, 3.63) is 69.8 Å². The second kappa shape index (κ2) is 7.91. The van der Waals surface area contributed by atoms with E-state index in [1.807, 2.05) is 0 Å². The molecule has 0 fully saturated rings. The number of hydrogen-bond acceptors (Lipinski definition) is 4. The van der Waals surface area contributed by atoms with E-state index < -0.39 is 34.2 Å². The van der Waals surface area contributed by atoms with Crippen LogP contribution in [0.4, 0.5) is 17.6 Å². The maximum absolute atomic E-state index is 14.4. The summed E-state index contributed by atoms with van der Waals surface area (Å²) < 4.78 is 64.1. The van der Waals surface area contributed by atoms with E-state index in [1.54, 1.807) is 18.2 Å². The Labute approximate surface area is 168 Å². The quantitative estimate of drug-likeness (QED) is 0.620. The van der Waals surface area contributed by atoms with Crippen LogP contribution in [0.1, 0.15) is 11.1 Å². The van der Waals surface area contributed by atoms with Crippen molar-refractivity contribution in [2.45, 2.75) is 6.18 Å². The van der Waals surface area contributed by atoms with E-state index in [0.717, 1.165) is 0 Å². The highest BCUT2D eigenvalue weighted by atomic mass is 19.4. The lowest BCUT2D eigenvalue weighted by molar-refractivity contribution is -0.137. The zero-order valence-corrected chi connectivity index (χ0v) is 15.7. The monoisotopic (exact) mass is 418 g/mol. The molecule has 30 heavy (non-hydrogen) atoms. The second-order valence-corrected chi connectivity index (χ2v) is 6.17. The number of H-pyrrole nitrogens is 1. The minimum Gasteiger partial charge on any atom is -0.493 e. The maximum atomic E-state index is 14.4. The van der Waals surface area contributed by atoms with Crippen LogP contribution >= 0.6 is 0 Å². The average molecular weight is 418 g/mol. The first-order valence-electron chi connectivity index (χ1n) is 8.46. The summed E-state index contributed by atoms with van der Waals surface area (Å²) in [6.07, 6.45) is -4.72. The number of pyridine rings is 1. The number of aromatic nitrogens is 1. The molecule has 0 bridgehead atoms. The highest BCUT2D eigenvalue weighted by Gasteiger charge is 2.31. The van der Waals surface area contributed by atoms with E-state index in [0.29, 0.717) is 35.3 Å². The number of methoxy groups -OCH3 is 2. The van der Waals surface area contributed by atoms with Crippen LogP contribution in [-0.2, 0) is 6.18 Å².